The third kappa shape index (κ3) is 4.15. The van der Waals surface area contributed by atoms with Crippen molar-refractivity contribution in [2.45, 2.75) is 12.6 Å². The number of nitrogens with zero attached hydrogens (tertiary/aromatic N) is 2. The monoisotopic (exact) mass is 448 g/mol. The first-order chi connectivity index (χ1) is 15.9. The van der Waals surface area contributed by atoms with Gasteiger partial charge in [0.25, 0.3) is 11.7 Å². The number of pyridine rings is 1. The second-order valence-electron chi connectivity index (χ2n) is 7.41. The lowest BCUT2D eigenvalue weighted by atomic mass is 9.95. The Morgan fingerprint density at radius 3 is 2.45 bits per heavy atom. The Bertz CT molecular complexity index is 1230. The Balaban J connectivity index is 1.85. The van der Waals surface area contributed by atoms with E-state index >= 15 is 0 Å². The van der Waals surface area contributed by atoms with Crippen molar-refractivity contribution in [2.75, 3.05) is 14.2 Å². The first-order valence-electron chi connectivity index (χ1n) is 10.1. The number of amides is 1. The fraction of sp³-hybridized carbons (Fsp3) is 0.160. The average molecular weight is 448 g/mol. The molecule has 1 amide bonds. The van der Waals surface area contributed by atoms with Gasteiger partial charge >= 0.3 is 0 Å². The smallest absolute Gasteiger partial charge is 0.295 e. The molecule has 2 aromatic carbocycles. The van der Waals surface area contributed by atoms with Gasteiger partial charge in [0.05, 0.1) is 25.8 Å². The van der Waals surface area contributed by atoms with Gasteiger partial charge in [0.1, 0.15) is 11.5 Å². The number of likely N-dealkylation sites (tertiary alicyclic amines) is 1. The molecule has 1 fully saturated rings. The molecule has 1 aliphatic rings. The normalized spacial score (nSPS) is 17.3. The zero-order valence-corrected chi connectivity index (χ0v) is 18.0. The van der Waals surface area contributed by atoms with E-state index in [2.05, 4.69) is 4.98 Å². The lowest BCUT2D eigenvalue weighted by Crippen LogP contribution is -2.29. The molecule has 3 aromatic rings. The SMILES string of the molecule is COc1ccc(C2C(=C(O)c3ccc(OC)c(F)c3)C(=O)C(=O)N2Cc2cccnc2)cc1. The minimum Gasteiger partial charge on any atom is -0.507 e. The fourth-order valence-corrected chi connectivity index (χ4v) is 3.83. The maximum atomic E-state index is 14.3. The maximum absolute atomic E-state index is 14.3. The van der Waals surface area contributed by atoms with Gasteiger partial charge in [-0.15, -0.1) is 0 Å². The van der Waals surface area contributed by atoms with Crippen LogP contribution in [0.1, 0.15) is 22.7 Å². The molecule has 1 aromatic heterocycles. The van der Waals surface area contributed by atoms with Crippen molar-refractivity contribution in [3.05, 3.63) is 95.1 Å². The van der Waals surface area contributed by atoms with Crippen molar-refractivity contribution in [3.8, 4) is 11.5 Å². The highest BCUT2D eigenvalue weighted by Gasteiger charge is 2.46. The first kappa shape index (κ1) is 22.0. The number of aromatic nitrogens is 1. The van der Waals surface area contributed by atoms with Crippen LogP contribution < -0.4 is 9.47 Å². The number of ketones is 1. The molecular weight excluding hydrogens is 427 g/mol. The molecule has 0 aliphatic carbocycles. The molecule has 1 saturated heterocycles. The number of halogens is 1. The van der Waals surface area contributed by atoms with Crippen LogP contribution in [0.15, 0.2) is 72.6 Å². The summed E-state index contributed by atoms with van der Waals surface area (Å²) in [6, 6.07) is 13.3. The van der Waals surface area contributed by atoms with Crippen LogP contribution in [0.4, 0.5) is 4.39 Å². The quantitative estimate of drug-likeness (QED) is 0.350. The van der Waals surface area contributed by atoms with Crippen LogP contribution in [0.3, 0.4) is 0 Å². The molecule has 0 radical (unpaired) electrons. The second kappa shape index (κ2) is 9.12. The Hall–Kier alpha value is -4.20. The third-order valence-corrected chi connectivity index (χ3v) is 5.47. The molecule has 168 valence electrons. The summed E-state index contributed by atoms with van der Waals surface area (Å²) in [5, 5.41) is 11.0. The second-order valence-corrected chi connectivity index (χ2v) is 7.41. The summed E-state index contributed by atoms with van der Waals surface area (Å²) in [6.07, 6.45) is 3.21. The number of Topliss-reactive ketones (excluding diaryl/α,β-unsaturated/α-hetero) is 1. The first-order valence-corrected chi connectivity index (χ1v) is 10.1. The topological polar surface area (TPSA) is 89.0 Å². The predicted molar refractivity (Wildman–Crippen MR) is 118 cm³/mol. The van der Waals surface area contributed by atoms with E-state index in [9.17, 15) is 19.1 Å². The summed E-state index contributed by atoms with van der Waals surface area (Å²) < 4.78 is 24.4. The maximum Gasteiger partial charge on any atom is 0.295 e. The lowest BCUT2D eigenvalue weighted by Gasteiger charge is -2.25. The fourth-order valence-electron chi connectivity index (χ4n) is 3.83. The van der Waals surface area contributed by atoms with Crippen LogP contribution in [0, 0.1) is 5.82 Å². The molecule has 1 N–H and O–H groups in total. The molecule has 0 saturated carbocycles. The molecule has 8 heteroatoms. The van der Waals surface area contributed by atoms with E-state index in [1.165, 1.54) is 31.3 Å². The number of carbonyl (C=O) groups is 2. The van der Waals surface area contributed by atoms with Gasteiger partial charge in [-0.2, -0.15) is 0 Å². The largest absolute Gasteiger partial charge is 0.507 e. The van der Waals surface area contributed by atoms with Gasteiger partial charge in [-0.25, -0.2) is 4.39 Å². The van der Waals surface area contributed by atoms with Crippen molar-refractivity contribution >= 4 is 17.4 Å². The number of aliphatic hydroxyl groups is 1. The molecule has 7 nitrogen and oxygen atoms in total. The zero-order chi connectivity index (χ0) is 23.5. The molecule has 0 bridgehead atoms. The highest BCUT2D eigenvalue weighted by molar-refractivity contribution is 6.46. The van der Waals surface area contributed by atoms with Crippen molar-refractivity contribution in [3.63, 3.8) is 0 Å². The minimum absolute atomic E-state index is 0.00437. The van der Waals surface area contributed by atoms with E-state index in [1.807, 2.05) is 0 Å². The van der Waals surface area contributed by atoms with Gasteiger partial charge in [-0.1, -0.05) is 18.2 Å². The molecule has 1 aliphatic heterocycles. The van der Waals surface area contributed by atoms with E-state index in [0.29, 0.717) is 16.9 Å². The highest BCUT2D eigenvalue weighted by atomic mass is 19.1. The van der Waals surface area contributed by atoms with Crippen LogP contribution in [-0.4, -0.2) is 40.9 Å². The van der Waals surface area contributed by atoms with Gasteiger partial charge in [-0.3, -0.25) is 14.6 Å². The summed E-state index contributed by atoms with van der Waals surface area (Å²) in [5.74, 6) is -2.20. The van der Waals surface area contributed by atoms with E-state index in [0.717, 1.165) is 6.07 Å². The Morgan fingerprint density at radius 1 is 1.09 bits per heavy atom. The number of benzene rings is 2. The van der Waals surface area contributed by atoms with E-state index in [1.54, 1.807) is 48.8 Å². The van der Waals surface area contributed by atoms with Crippen molar-refractivity contribution in [1.29, 1.82) is 0 Å². The average Bonchev–Trinajstić information content (AvgIpc) is 3.09. The minimum atomic E-state index is -0.888. The van der Waals surface area contributed by atoms with E-state index in [-0.39, 0.29) is 23.4 Å². The standard InChI is InChI=1S/C25H21FN2O5/c1-32-18-8-5-16(6-9-18)22-21(23(29)17-7-10-20(33-2)19(26)12-17)24(30)25(31)28(22)14-15-4-3-11-27-13-15/h3-13,22,29H,14H2,1-2H3. The van der Waals surface area contributed by atoms with Crippen molar-refractivity contribution < 1.29 is 28.6 Å². The Kier molecular flexibility index (Phi) is 6.08. The van der Waals surface area contributed by atoms with Crippen LogP contribution in [0.25, 0.3) is 5.76 Å². The summed E-state index contributed by atoms with van der Waals surface area (Å²) in [6.45, 7) is 0.100. The van der Waals surface area contributed by atoms with Crippen LogP contribution in [0.2, 0.25) is 0 Å². The number of methoxy groups -OCH3 is 2. The molecular formula is C25H21FN2O5. The molecule has 1 unspecified atom stereocenters. The van der Waals surface area contributed by atoms with Gasteiger partial charge in [0.2, 0.25) is 0 Å². The number of hydrogen-bond donors (Lipinski definition) is 1. The Labute approximate surface area is 189 Å². The number of hydrogen-bond acceptors (Lipinski definition) is 6. The molecule has 33 heavy (non-hydrogen) atoms. The van der Waals surface area contributed by atoms with Crippen molar-refractivity contribution in [1.82, 2.24) is 9.88 Å². The van der Waals surface area contributed by atoms with Crippen molar-refractivity contribution in [2.24, 2.45) is 0 Å². The van der Waals surface area contributed by atoms with Gasteiger partial charge in [-0.05, 0) is 47.5 Å². The summed E-state index contributed by atoms with van der Waals surface area (Å²) in [4.78, 5) is 31.5. The number of rotatable bonds is 6. The zero-order valence-electron chi connectivity index (χ0n) is 18.0. The molecule has 0 spiro atoms. The van der Waals surface area contributed by atoms with E-state index < -0.39 is 29.3 Å². The Morgan fingerprint density at radius 2 is 1.85 bits per heavy atom. The molecule has 2 heterocycles. The van der Waals surface area contributed by atoms with Crippen LogP contribution in [0.5, 0.6) is 11.5 Å². The summed E-state index contributed by atoms with van der Waals surface area (Å²) >= 11 is 0. The van der Waals surface area contributed by atoms with Gasteiger partial charge in [0, 0.05) is 24.5 Å². The van der Waals surface area contributed by atoms with Gasteiger partial charge in [0.15, 0.2) is 11.6 Å². The van der Waals surface area contributed by atoms with Crippen LogP contribution >= 0.6 is 0 Å². The number of aliphatic hydroxyl groups excluding tert-OH is 1. The van der Waals surface area contributed by atoms with E-state index in [4.69, 9.17) is 9.47 Å². The van der Waals surface area contributed by atoms with Gasteiger partial charge < -0.3 is 19.5 Å². The summed E-state index contributed by atoms with van der Waals surface area (Å²) in [7, 11) is 2.85. The van der Waals surface area contributed by atoms with Crippen LogP contribution in [-0.2, 0) is 16.1 Å². The highest BCUT2D eigenvalue weighted by Crippen LogP contribution is 2.41. The summed E-state index contributed by atoms with van der Waals surface area (Å²) in [5.41, 5.74) is 1.24. The molecule has 4 rings (SSSR count). The number of ether oxygens (including phenoxy) is 2. The predicted octanol–water partition coefficient (Wildman–Crippen LogP) is 3.86. The molecule has 1 atom stereocenters. The lowest BCUT2D eigenvalue weighted by molar-refractivity contribution is -0.140. The number of carbonyl (C=O) groups excluding carboxylic acids is 2. The third-order valence-electron chi connectivity index (χ3n) is 5.47.